The summed E-state index contributed by atoms with van der Waals surface area (Å²) in [6.45, 7) is 2.26. The normalized spacial score (nSPS) is 13.0. The molecule has 3 aromatic carbocycles. The van der Waals surface area contributed by atoms with E-state index >= 15 is 0 Å². The first-order valence-corrected chi connectivity index (χ1v) is 10.6. The third kappa shape index (κ3) is 4.35. The van der Waals surface area contributed by atoms with E-state index < -0.39 is 16.1 Å². The first kappa shape index (κ1) is 20.3. The molecule has 3 aromatic rings. The van der Waals surface area contributed by atoms with E-state index in [2.05, 4.69) is 0 Å². The van der Waals surface area contributed by atoms with Gasteiger partial charge in [-0.25, -0.2) is 8.42 Å². The van der Waals surface area contributed by atoms with E-state index in [1.807, 2.05) is 62.3 Å². The van der Waals surface area contributed by atoms with Crippen molar-refractivity contribution in [2.24, 2.45) is 0 Å². The van der Waals surface area contributed by atoms with Gasteiger partial charge in [-0.1, -0.05) is 54.1 Å². The van der Waals surface area contributed by atoms with Gasteiger partial charge in [-0.15, -0.1) is 0 Å². The number of fused-ring (bicyclic) bond motifs is 1. The van der Waals surface area contributed by atoms with E-state index in [9.17, 15) is 13.5 Å². The zero-order valence-electron chi connectivity index (χ0n) is 16.4. The number of nitrogens with zero attached hydrogens (tertiary/aromatic N) is 2. The fourth-order valence-corrected chi connectivity index (χ4v) is 4.78. The van der Waals surface area contributed by atoms with Crippen molar-refractivity contribution in [3.63, 3.8) is 0 Å². The van der Waals surface area contributed by atoms with Crippen LogP contribution >= 0.6 is 0 Å². The summed E-state index contributed by atoms with van der Waals surface area (Å²) in [5.74, 6) is 0. The maximum atomic E-state index is 13.5. The molecule has 0 aliphatic rings. The molecule has 0 spiro atoms. The molecule has 28 heavy (non-hydrogen) atoms. The van der Waals surface area contributed by atoms with Crippen molar-refractivity contribution >= 4 is 26.5 Å². The summed E-state index contributed by atoms with van der Waals surface area (Å²) in [5, 5.41) is 12.3. The second kappa shape index (κ2) is 8.31. The minimum atomic E-state index is -3.84. The predicted molar refractivity (Wildman–Crippen MR) is 114 cm³/mol. The smallest absolute Gasteiger partial charge is 0.264 e. The molecular formula is C22H26N2O3S. The Bertz CT molecular complexity index is 1040. The van der Waals surface area contributed by atoms with Crippen molar-refractivity contribution in [1.82, 2.24) is 4.90 Å². The third-order valence-corrected chi connectivity index (χ3v) is 6.39. The molecule has 0 radical (unpaired) electrons. The molecule has 0 fully saturated rings. The van der Waals surface area contributed by atoms with Gasteiger partial charge in [0.25, 0.3) is 10.0 Å². The molecule has 0 aliphatic heterocycles. The number of anilines is 1. The second-order valence-corrected chi connectivity index (χ2v) is 9.13. The van der Waals surface area contributed by atoms with E-state index in [0.717, 1.165) is 16.3 Å². The Labute approximate surface area is 166 Å². The van der Waals surface area contributed by atoms with Crippen LogP contribution < -0.4 is 4.31 Å². The molecule has 6 heteroatoms. The van der Waals surface area contributed by atoms with Crippen LogP contribution in [0.25, 0.3) is 10.8 Å². The van der Waals surface area contributed by atoms with E-state index in [0.29, 0.717) is 12.2 Å². The van der Waals surface area contributed by atoms with E-state index in [1.54, 1.807) is 30.3 Å². The fourth-order valence-electron chi connectivity index (χ4n) is 3.26. The van der Waals surface area contributed by atoms with Gasteiger partial charge < -0.3 is 10.0 Å². The van der Waals surface area contributed by atoms with Crippen LogP contribution in [0.2, 0.25) is 0 Å². The number of aliphatic hydroxyl groups excluding tert-OH is 1. The van der Waals surface area contributed by atoms with Gasteiger partial charge in [0.15, 0.2) is 0 Å². The van der Waals surface area contributed by atoms with Gasteiger partial charge in [0, 0.05) is 11.9 Å². The summed E-state index contributed by atoms with van der Waals surface area (Å²) in [7, 11) is -0.144. The maximum Gasteiger partial charge on any atom is 0.264 e. The second-order valence-electron chi connectivity index (χ2n) is 7.26. The Kier molecular flexibility index (Phi) is 6.03. The monoisotopic (exact) mass is 398 g/mol. The summed E-state index contributed by atoms with van der Waals surface area (Å²) >= 11 is 0. The molecule has 1 unspecified atom stereocenters. The van der Waals surface area contributed by atoms with Crippen LogP contribution in [0.1, 0.15) is 5.56 Å². The van der Waals surface area contributed by atoms with Crippen LogP contribution in [-0.4, -0.2) is 51.7 Å². The Morgan fingerprint density at radius 2 is 1.54 bits per heavy atom. The molecule has 0 aromatic heterocycles. The molecular weight excluding hydrogens is 372 g/mol. The zero-order chi connectivity index (χ0) is 20.3. The average Bonchev–Trinajstić information content (AvgIpc) is 2.65. The molecule has 0 saturated carbocycles. The highest BCUT2D eigenvalue weighted by Gasteiger charge is 2.28. The van der Waals surface area contributed by atoms with Gasteiger partial charge in [0.1, 0.15) is 0 Å². The number of benzene rings is 3. The molecule has 1 atom stereocenters. The summed E-state index contributed by atoms with van der Waals surface area (Å²) in [6.07, 6.45) is -0.825. The topological polar surface area (TPSA) is 60.9 Å². The summed E-state index contributed by atoms with van der Waals surface area (Å²) < 4.78 is 28.3. The quantitative estimate of drug-likeness (QED) is 0.664. The minimum absolute atomic E-state index is 0.0254. The molecule has 0 aliphatic carbocycles. The van der Waals surface area contributed by atoms with Gasteiger partial charge in [-0.05, 0) is 44.6 Å². The first-order valence-electron chi connectivity index (χ1n) is 9.19. The average molecular weight is 399 g/mol. The Morgan fingerprint density at radius 3 is 2.21 bits per heavy atom. The highest BCUT2D eigenvalue weighted by atomic mass is 32.2. The number of rotatable bonds is 7. The molecule has 1 N–H and O–H groups in total. The van der Waals surface area contributed by atoms with Gasteiger partial charge in [0.05, 0.1) is 23.2 Å². The number of aliphatic hydroxyl groups is 1. The molecule has 0 bridgehead atoms. The van der Waals surface area contributed by atoms with Crippen LogP contribution in [0.15, 0.2) is 71.6 Å². The van der Waals surface area contributed by atoms with Crippen LogP contribution in [0.4, 0.5) is 5.69 Å². The van der Waals surface area contributed by atoms with E-state index in [1.165, 1.54) is 4.31 Å². The van der Waals surface area contributed by atoms with Crippen molar-refractivity contribution < 1.29 is 13.5 Å². The lowest BCUT2D eigenvalue weighted by atomic mass is 10.1. The fraction of sp³-hybridized carbons (Fsp3) is 0.273. The SMILES string of the molecule is Cc1ccc(S(=O)(=O)N(CC(O)CN(C)C)c2cccc3ccccc23)cc1. The van der Waals surface area contributed by atoms with Gasteiger partial charge in [-0.2, -0.15) is 0 Å². The number of sulfonamides is 1. The van der Waals surface area contributed by atoms with Gasteiger partial charge in [-0.3, -0.25) is 4.31 Å². The summed E-state index contributed by atoms with van der Waals surface area (Å²) in [5.41, 5.74) is 1.56. The van der Waals surface area contributed by atoms with Crippen LogP contribution in [0.3, 0.4) is 0 Å². The van der Waals surface area contributed by atoms with Crippen molar-refractivity contribution in [3.05, 3.63) is 72.3 Å². The van der Waals surface area contributed by atoms with Crippen molar-refractivity contribution in [2.45, 2.75) is 17.9 Å². The maximum absolute atomic E-state index is 13.5. The molecule has 0 saturated heterocycles. The number of hydrogen-bond acceptors (Lipinski definition) is 4. The van der Waals surface area contributed by atoms with Crippen molar-refractivity contribution in [1.29, 1.82) is 0 Å². The highest BCUT2D eigenvalue weighted by Crippen LogP contribution is 2.31. The van der Waals surface area contributed by atoms with Gasteiger partial charge >= 0.3 is 0 Å². The Morgan fingerprint density at radius 1 is 0.893 bits per heavy atom. The predicted octanol–water partition coefficient (Wildman–Crippen LogP) is 3.27. The lowest BCUT2D eigenvalue weighted by Crippen LogP contribution is -2.41. The standard InChI is InChI=1S/C22H26N2O3S/c1-17-11-13-20(14-12-17)28(26,27)24(16-19(25)15-23(2)3)22-10-6-8-18-7-4-5-9-21(18)22/h4-14,19,25H,15-16H2,1-3H3. The number of aryl methyl sites for hydroxylation is 1. The number of hydrogen-bond donors (Lipinski definition) is 1. The lowest BCUT2D eigenvalue weighted by Gasteiger charge is -2.29. The Balaban J connectivity index is 2.13. The summed E-state index contributed by atoms with van der Waals surface area (Å²) in [4.78, 5) is 2.05. The summed E-state index contributed by atoms with van der Waals surface area (Å²) in [6, 6.07) is 20.0. The van der Waals surface area contributed by atoms with E-state index in [4.69, 9.17) is 0 Å². The molecule has 5 nitrogen and oxygen atoms in total. The minimum Gasteiger partial charge on any atom is -0.390 e. The molecule has 3 rings (SSSR count). The van der Waals surface area contributed by atoms with Crippen molar-refractivity contribution in [3.8, 4) is 0 Å². The zero-order valence-corrected chi connectivity index (χ0v) is 17.2. The highest BCUT2D eigenvalue weighted by molar-refractivity contribution is 7.92. The third-order valence-electron chi connectivity index (χ3n) is 4.60. The molecule has 148 valence electrons. The Hall–Kier alpha value is -2.41. The van der Waals surface area contributed by atoms with Crippen LogP contribution in [0.5, 0.6) is 0 Å². The van der Waals surface area contributed by atoms with Crippen molar-refractivity contribution in [2.75, 3.05) is 31.5 Å². The first-order chi connectivity index (χ1) is 13.3. The lowest BCUT2D eigenvalue weighted by molar-refractivity contribution is 0.145. The molecule has 0 amide bonds. The van der Waals surface area contributed by atoms with Gasteiger partial charge in [0.2, 0.25) is 0 Å². The number of likely N-dealkylation sites (N-methyl/N-ethyl adjacent to an activating group) is 1. The molecule has 0 heterocycles. The van der Waals surface area contributed by atoms with Crippen LogP contribution in [-0.2, 0) is 10.0 Å². The van der Waals surface area contributed by atoms with E-state index in [-0.39, 0.29) is 11.4 Å². The van der Waals surface area contributed by atoms with Crippen LogP contribution in [0, 0.1) is 6.92 Å². The largest absolute Gasteiger partial charge is 0.390 e.